The highest BCUT2D eigenvalue weighted by molar-refractivity contribution is 5.71. The number of carbonyl (C=O) groups excluding carboxylic acids is 1. The van der Waals surface area contributed by atoms with Gasteiger partial charge < -0.3 is 20.5 Å². The molecule has 0 unspecified atom stereocenters. The van der Waals surface area contributed by atoms with Crippen molar-refractivity contribution < 1.29 is 27.4 Å². The van der Waals surface area contributed by atoms with E-state index in [1.807, 2.05) is 13.8 Å². The number of carbonyl (C=O) groups is 1. The monoisotopic (exact) mass is 393 g/mol. The zero-order valence-electron chi connectivity index (χ0n) is 16.1. The van der Waals surface area contributed by atoms with Crippen LogP contribution in [0.3, 0.4) is 0 Å². The van der Waals surface area contributed by atoms with E-state index in [1.54, 1.807) is 0 Å². The molecular weight excluding hydrogens is 363 g/mol. The van der Waals surface area contributed by atoms with Crippen molar-refractivity contribution in [2.24, 2.45) is 5.73 Å². The van der Waals surface area contributed by atoms with E-state index in [4.69, 9.17) is 10.5 Å². The lowest BCUT2D eigenvalue weighted by atomic mass is 10.1. The number of pyridine rings is 1. The van der Waals surface area contributed by atoms with E-state index in [0.717, 1.165) is 6.61 Å². The molecule has 2 rings (SSSR count). The molecule has 0 spiro atoms. The minimum absolute atomic E-state index is 0.0975. The third-order valence-corrected chi connectivity index (χ3v) is 3.28. The first-order valence-corrected chi connectivity index (χ1v) is 9.09. The van der Waals surface area contributed by atoms with Crippen molar-refractivity contribution in [3.05, 3.63) is 23.9 Å². The van der Waals surface area contributed by atoms with Gasteiger partial charge >= 0.3 is 12.2 Å². The van der Waals surface area contributed by atoms with Gasteiger partial charge in [0.2, 0.25) is 5.88 Å². The summed E-state index contributed by atoms with van der Waals surface area (Å²) in [6.45, 7) is 5.90. The minimum Gasteiger partial charge on any atom is -0.468 e. The zero-order valence-corrected chi connectivity index (χ0v) is 16.1. The second kappa shape index (κ2) is 14.1. The van der Waals surface area contributed by atoms with E-state index in [1.165, 1.54) is 44.0 Å². The highest BCUT2D eigenvalue weighted by atomic mass is 19.4. The summed E-state index contributed by atoms with van der Waals surface area (Å²) in [7, 11) is 0. The lowest BCUT2D eigenvalue weighted by Crippen LogP contribution is -2.28. The van der Waals surface area contributed by atoms with Crippen molar-refractivity contribution in [1.29, 1.82) is 0 Å². The number of nitrogens with zero attached hydrogens (tertiary/aromatic N) is 1. The maximum absolute atomic E-state index is 11.9. The molecule has 0 bridgehead atoms. The number of nitrogens with one attached hydrogen (secondary N) is 1. The van der Waals surface area contributed by atoms with E-state index in [0.29, 0.717) is 11.7 Å². The summed E-state index contributed by atoms with van der Waals surface area (Å²) in [4.78, 5) is 14.0. The van der Waals surface area contributed by atoms with E-state index in [-0.39, 0.29) is 12.4 Å². The van der Waals surface area contributed by atoms with Gasteiger partial charge in [0.15, 0.2) is 6.61 Å². The Morgan fingerprint density at radius 2 is 2.15 bits per heavy atom. The van der Waals surface area contributed by atoms with Crippen molar-refractivity contribution in [2.45, 2.75) is 65.3 Å². The van der Waals surface area contributed by atoms with Crippen LogP contribution in [0.5, 0.6) is 5.88 Å². The van der Waals surface area contributed by atoms with Gasteiger partial charge in [0.05, 0.1) is 6.10 Å². The molecule has 1 fully saturated rings. The standard InChI is InChI=1S/C9H10F3N3O2.C7H14O.C2H6/c10-9(11,12)5-17-7-3-6(1-2-14-7)4-15-8(13)16;1-2-4-7-5-3-6-8-7;1-2/h1-3H,4-5H2,(H3,13,15,16);7H,2-6H2,1H3;1-2H3/t;7-;/m.0./s1. The molecule has 0 aromatic carbocycles. The number of urea groups is 1. The number of aromatic nitrogens is 1. The van der Waals surface area contributed by atoms with Gasteiger partial charge in [-0.1, -0.05) is 27.2 Å². The number of halogens is 3. The van der Waals surface area contributed by atoms with Crippen molar-refractivity contribution >= 4 is 6.03 Å². The first kappa shape index (κ1) is 25.0. The Bertz CT molecular complexity index is 522. The number of hydrogen-bond acceptors (Lipinski definition) is 4. The molecule has 1 aliphatic rings. The van der Waals surface area contributed by atoms with Crippen molar-refractivity contribution in [3.8, 4) is 5.88 Å². The second-order valence-corrected chi connectivity index (χ2v) is 5.55. The molecule has 0 aliphatic carbocycles. The van der Waals surface area contributed by atoms with Crippen LogP contribution in [0, 0.1) is 0 Å². The van der Waals surface area contributed by atoms with Crippen LogP contribution in [0.4, 0.5) is 18.0 Å². The quantitative estimate of drug-likeness (QED) is 0.759. The molecule has 1 aliphatic heterocycles. The number of alkyl halides is 3. The third kappa shape index (κ3) is 13.8. The third-order valence-electron chi connectivity index (χ3n) is 3.28. The van der Waals surface area contributed by atoms with Crippen molar-refractivity contribution in [2.75, 3.05) is 13.2 Å². The lowest BCUT2D eigenvalue weighted by Gasteiger charge is -2.09. The molecule has 3 N–H and O–H groups in total. The molecule has 2 heterocycles. The summed E-state index contributed by atoms with van der Waals surface area (Å²) in [6, 6.07) is 2.09. The van der Waals surface area contributed by atoms with Crippen LogP contribution in [-0.4, -0.2) is 36.5 Å². The molecule has 9 heteroatoms. The number of primary amides is 1. The molecule has 1 aromatic heterocycles. The Morgan fingerprint density at radius 3 is 2.67 bits per heavy atom. The number of nitrogens with two attached hydrogens (primary N) is 1. The molecule has 6 nitrogen and oxygen atoms in total. The molecule has 0 saturated carbocycles. The predicted octanol–water partition coefficient (Wildman–Crippen LogP) is 4.18. The summed E-state index contributed by atoms with van der Waals surface area (Å²) >= 11 is 0. The number of hydrogen-bond donors (Lipinski definition) is 2. The Hall–Kier alpha value is -2.03. The molecule has 1 aromatic rings. The van der Waals surface area contributed by atoms with Crippen molar-refractivity contribution in [3.63, 3.8) is 0 Å². The molecule has 156 valence electrons. The van der Waals surface area contributed by atoms with Crippen molar-refractivity contribution in [1.82, 2.24) is 10.3 Å². The fraction of sp³-hybridized carbons (Fsp3) is 0.667. The van der Waals surface area contributed by atoms with Crippen LogP contribution >= 0.6 is 0 Å². The van der Waals surface area contributed by atoms with Crippen LogP contribution in [0.15, 0.2) is 18.3 Å². The largest absolute Gasteiger partial charge is 0.468 e. The number of amides is 2. The maximum atomic E-state index is 11.9. The molecule has 1 saturated heterocycles. The smallest absolute Gasteiger partial charge is 0.422 e. The molecular formula is C18H30F3N3O3. The Labute approximate surface area is 158 Å². The topological polar surface area (TPSA) is 86.5 Å². The van der Waals surface area contributed by atoms with Gasteiger partial charge in [0.1, 0.15) is 0 Å². The SMILES string of the molecule is CC.CCC[C@H]1CCCO1.NC(=O)NCc1ccnc(OCC(F)(F)F)c1. The normalized spacial score (nSPS) is 15.7. The highest BCUT2D eigenvalue weighted by Gasteiger charge is 2.28. The average Bonchev–Trinajstić information content (AvgIpc) is 3.14. The average molecular weight is 393 g/mol. The summed E-state index contributed by atoms with van der Waals surface area (Å²) in [5.41, 5.74) is 5.39. The Kier molecular flexibility index (Phi) is 13.0. The molecule has 0 radical (unpaired) electrons. The van der Waals surface area contributed by atoms with Crippen LogP contribution in [0.2, 0.25) is 0 Å². The molecule has 1 atom stereocenters. The van der Waals surface area contributed by atoms with Gasteiger partial charge in [0, 0.05) is 25.4 Å². The number of rotatable bonds is 6. The van der Waals surface area contributed by atoms with Crippen LogP contribution in [0.25, 0.3) is 0 Å². The lowest BCUT2D eigenvalue weighted by molar-refractivity contribution is -0.154. The Morgan fingerprint density at radius 1 is 1.44 bits per heavy atom. The van der Waals surface area contributed by atoms with Crippen LogP contribution in [0.1, 0.15) is 52.0 Å². The van der Waals surface area contributed by atoms with E-state index >= 15 is 0 Å². The highest BCUT2D eigenvalue weighted by Crippen LogP contribution is 2.17. The molecule has 2 amide bonds. The fourth-order valence-electron chi connectivity index (χ4n) is 2.18. The van der Waals surface area contributed by atoms with Gasteiger partial charge in [0.25, 0.3) is 0 Å². The van der Waals surface area contributed by atoms with Gasteiger partial charge in [-0.25, -0.2) is 9.78 Å². The number of ether oxygens (including phenoxy) is 2. The second-order valence-electron chi connectivity index (χ2n) is 5.55. The van der Waals surface area contributed by atoms with Crippen LogP contribution in [-0.2, 0) is 11.3 Å². The van der Waals surface area contributed by atoms with E-state index < -0.39 is 18.8 Å². The predicted molar refractivity (Wildman–Crippen MR) is 97.4 cm³/mol. The first-order valence-electron chi connectivity index (χ1n) is 9.09. The van der Waals surface area contributed by atoms with Gasteiger partial charge in [-0.2, -0.15) is 13.2 Å². The van der Waals surface area contributed by atoms with Gasteiger partial charge in [-0.15, -0.1) is 0 Å². The summed E-state index contributed by atoms with van der Waals surface area (Å²) in [5.74, 6) is -0.161. The zero-order chi connectivity index (χ0) is 20.7. The Balaban J connectivity index is 0.000000562. The summed E-state index contributed by atoms with van der Waals surface area (Å²) in [5, 5.41) is 2.29. The first-order chi connectivity index (χ1) is 12.8. The maximum Gasteiger partial charge on any atom is 0.422 e. The van der Waals surface area contributed by atoms with Crippen LogP contribution < -0.4 is 15.8 Å². The fourth-order valence-corrected chi connectivity index (χ4v) is 2.18. The summed E-state index contributed by atoms with van der Waals surface area (Å²) < 4.78 is 45.4. The molecule has 27 heavy (non-hydrogen) atoms. The minimum atomic E-state index is -4.41. The van der Waals surface area contributed by atoms with Gasteiger partial charge in [-0.3, -0.25) is 0 Å². The van der Waals surface area contributed by atoms with E-state index in [2.05, 4.69) is 22.0 Å². The van der Waals surface area contributed by atoms with Gasteiger partial charge in [-0.05, 0) is 30.9 Å². The van der Waals surface area contributed by atoms with E-state index in [9.17, 15) is 18.0 Å². The summed E-state index contributed by atoms with van der Waals surface area (Å²) in [6.07, 6.45) is 2.59.